The summed E-state index contributed by atoms with van der Waals surface area (Å²) in [6, 6.07) is 11.8. The van der Waals surface area contributed by atoms with Crippen molar-refractivity contribution >= 4 is 22.6 Å². The Labute approximate surface area is 200 Å². The Balaban J connectivity index is 1.39. The van der Waals surface area contributed by atoms with Crippen LogP contribution in [-0.2, 0) is 18.6 Å². The van der Waals surface area contributed by atoms with E-state index >= 15 is 0 Å². The molecule has 1 aromatic heterocycles. The molecule has 1 atom stereocenters. The minimum Gasteiger partial charge on any atom is -0.382 e. The number of aromatic nitrogens is 3. The minimum absolute atomic E-state index is 0.0302. The fourth-order valence-electron chi connectivity index (χ4n) is 4.19. The molecule has 0 aliphatic carbocycles. The standard InChI is InChI=1S/C23H26F2IN5O/c24-19-4-5-21(22(25)13-19)23(32,15-31-17-27-16-28-31)14-30-10-8-29(9-11-30)7-6-18-2-1-3-20(26)12-18/h1-5,12-13,16-17,32H,6-11,14-15H2. The molecule has 0 saturated carbocycles. The molecule has 3 aromatic rings. The highest BCUT2D eigenvalue weighted by molar-refractivity contribution is 14.1. The summed E-state index contributed by atoms with van der Waals surface area (Å²) in [7, 11) is 0. The first-order chi connectivity index (χ1) is 15.4. The average Bonchev–Trinajstić information content (AvgIpc) is 3.26. The summed E-state index contributed by atoms with van der Waals surface area (Å²) in [6.45, 7) is 4.49. The molecule has 0 spiro atoms. The second-order valence-corrected chi connectivity index (χ2v) is 9.49. The molecule has 4 rings (SSSR count). The highest BCUT2D eigenvalue weighted by Crippen LogP contribution is 2.28. The lowest BCUT2D eigenvalue weighted by molar-refractivity contribution is -0.0317. The van der Waals surface area contributed by atoms with Crippen LogP contribution in [0.15, 0.2) is 55.1 Å². The lowest BCUT2D eigenvalue weighted by atomic mass is 9.92. The first kappa shape index (κ1) is 23.2. The summed E-state index contributed by atoms with van der Waals surface area (Å²) in [5.41, 5.74) is -0.169. The van der Waals surface area contributed by atoms with Gasteiger partial charge in [-0.15, -0.1) is 0 Å². The molecule has 6 nitrogen and oxygen atoms in total. The van der Waals surface area contributed by atoms with Crippen molar-refractivity contribution in [2.45, 2.75) is 18.6 Å². The highest BCUT2D eigenvalue weighted by atomic mass is 127. The van der Waals surface area contributed by atoms with E-state index in [9.17, 15) is 13.9 Å². The number of nitrogens with zero attached hydrogens (tertiary/aromatic N) is 5. The van der Waals surface area contributed by atoms with E-state index in [4.69, 9.17) is 0 Å². The third-order valence-electron chi connectivity index (χ3n) is 5.88. The van der Waals surface area contributed by atoms with Gasteiger partial charge in [-0.25, -0.2) is 18.4 Å². The first-order valence-corrected chi connectivity index (χ1v) is 11.7. The number of hydrogen-bond donors (Lipinski definition) is 1. The average molecular weight is 553 g/mol. The number of halogens is 3. The van der Waals surface area contributed by atoms with Gasteiger partial charge in [0, 0.05) is 54.5 Å². The zero-order valence-electron chi connectivity index (χ0n) is 17.7. The second-order valence-electron chi connectivity index (χ2n) is 8.25. The maximum absolute atomic E-state index is 14.6. The lowest BCUT2D eigenvalue weighted by Crippen LogP contribution is -2.52. The van der Waals surface area contributed by atoms with Gasteiger partial charge in [0.1, 0.15) is 29.9 Å². The Morgan fingerprint density at radius 1 is 1.00 bits per heavy atom. The third-order valence-corrected chi connectivity index (χ3v) is 6.55. The van der Waals surface area contributed by atoms with E-state index in [1.54, 1.807) is 0 Å². The van der Waals surface area contributed by atoms with Crippen molar-refractivity contribution in [3.8, 4) is 0 Å². The molecule has 1 aliphatic rings. The predicted octanol–water partition coefficient (Wildman–Crippen LogP) is 2.91. The maximum Gasteiger partial charge on any atom is 0.137 e. The van der Waals surface area contributed by atoms with Crippen molar-refractivity contribution in [2.24, 2.45) is 0 Å². The van der Waals surface area contributed by atoms with E-state index in [2.05, 4.69) is 66.7 Å². The monoisotopic (exact) mass is 553 g/mol. The summed E-state index contributed by atoms with van der Waals surface area (Å²) in [5.74, 6) is -1.43. The van der Waals surface area contributed by atoms with E-state index in [0.29, 0.717) is 0 Å². The number of piperazine rings is 1. The van der Waals surface area contributed by atoms with Crippen LogP contribution in [0.1, 0.15) is 11.1 Å². The van der Waals surface area contributed by atoms with Crippen molar-refractivity contribution in [2.75, 3.05) is 39.3 Å². The van der Waals surface area contributed by atoms with Gasteiger partial charge in [-0.2, -0.15) is 5.10 Å². The van der Waals surface area contributed by atoms with Gasteiger partial charge >= 0.3 is 0 Å². The molecule has 9 heteroatoms. The Bertz CT molecular complexity index is 1030. The SMILES string of the molecule is OC(CN1CCN(CCc2cccc(I)c2)CC1)(Cn1cncn1)c1ccc(F)cc1F. The van der Waals surface area contributed by atoms with Crippen LogP contribution in [0.3, 0.4) is 0 Å². The van der Waals surface area contributed by atoms with Gasteiger partial charge in [0.2, 0.25) is 0 Å². The molecular formula is C23H26F2IN5O. The summed E-state index contributed by atoms with van der Waals surface area (Å²) in [6.07, 6.45) is 3.84. The second kappa shape index (κ2) is 10.3. The van der Waals surface area contributed by atoms with Gasteiger partial charge < -0.3 is 10.0 Å². The molecule has 1 saturated heterocycles. The highest BCUT2D eigenvalue weighted by Gasteiger charge is 2.36. The van der Waals surface area contributed by atoms with Gasteiger partial charge in [0.15, 0.2) is 0 Å². The van der Waals surface area contributed by atoms with E-state index in [-0.39, 0.29) is 18.7 Å². The molecule has 2 heterocycles. The number of hydrogen-bond acceptors (Lipinski definition) is 5. The zero-order valence-corrected chi connectivity index (χ0v) is 19.8. The fourth-order valence-corrected chi connectivity index (χ4v) is 4.80. The van der Waals surface area contributed by atoms with Gasteiger partial charge in [-0.1, -0.05) is 18.2 Å². The zero-order chi connectivity index (χ0) is 22.6. The van der Waals surface area contributed by atoms with Crippen LogP contribution < -0.4 is 0 Å². The van der Waals surface area contributed by atoms with E-state index < -0.39 is 17.2 Å². The fraction of sp³-hybridized carbons (Fsp3) is 0.391. The van der Waals surface area contributed by atoms with Gasteiger partial charge in [-0.3, -0.25) is 4.90 Å². The first-order valence-electron chi connectivity index (χ1n) is 10.6. The van der Waals surface area contributed by atoms with E-state index in [0.717, 1.165) is 45.2 Å². The van der Waals surface area contributed by atoms with E-state index in [1.807, 2.05) is 0 Å². The topological polar surface area (TPSA) is 57.4 Å². The van der Waals surface area contributed by atoms with Crippen molar-refractivity contribution < 1.29 is 13.9 Å². The molecule has 1 aliphatic heterocycles. The smallest absolute Gasteiger partial charge is 0.137 e. The van der Waals surface area contributed by atoms with Crippen LogP contribution >= 0.6 is 22.6 Å². The number of rotatable bonds is 8. The molecule has 0 bridgehead atoms. The number of benzene rings is 2. The summed E-state index contributed by atoms with van der Waals surface area (Å²) in [4.78, 5) is 8.45. The Hall–Kier alpha value is -1.95. The Morgan fingerprint density at radius 3 is 2.47 bits per heavy atom. The van der Waals surface area contributed by atoms with Crippen LogP contribution in [-0.4, -0.2) is 68.9 Å². The molecule has 0 radical (unpaired) electrons. The molecule has 1 N–H and O–H groups in total. The molecule has 2 aromatic carbocycles. The minimum atomic E-state index is -1.56. The lowest BCUT2D eigenvalue weighted by Gasteiger charge is -2.39. The van der Waals surface area contributed by atoms with Crippen molar-refractivity contribution in [1.82, 2.24) is 24.6 Å². The Morgan fingerprint density at radius 2 is 1.78 bits per heavy atom. The van der Waals surface area contributed by atoms with Crippen LogP contribution in [0, 0.1) is 15.2 Å². The molecule has 1 fully saturated rings. The quantitative estimate of drug-likeness (QED) is 0.435. The number of aliphatic hydroxyl groups is 1. The van der Waals surface area contributed by atoms with Crippen molar-refractivity contribution in [3.05, 3.63) is 81.5 Å². The normalized spacial score (nSPS) is 17.4. The predicted molar refractivity (Wildman–Crippen MR) is 126 cm³/mol. The molecule has 1 unspecified atom stereocenters. The summed E-state index contributed by atoms with van der Waals surface area (Å²) >= 11 is 2.33. The largest absolute Gasteiger partial charge is 0.382 e. The molecule has 0 amide bonds. The van der Waals surface area contributed by atoms with Crippen LogP contribution in [0.2, 0.25) is 0 Å². The van der Waals surface area contributed by atoms with Crippen molar-refractivity contribution in [3.63, 3.8) is 0 Å². The molecule has 170 valence electrons. The third kappa shape index (κ3) is 5.89. The van der Waals surface area contributed by atoms with E-state index in [1.165, 1.54) is 38.6 Å². The van der Waals surface area contributed by atoms with Crippen molar-refractivity contribution in [1.29, 1.82) is 0 Å². The number of β-amino-alcohol motifs (C(OH)–C–C–N with tert-alkyl or cyclic N) is 1. The van der Waals surface area contributed by atoms with Crippen LogP contribution in [0.4, 0.5) is 8.78 Å². The molecule has 32 heavy (non-hydrogen) atoms. The van der Waals surface area contributed by atoms with Crippen LogP contribution in [0.25, 0.3) is 0 Å². The summed E-state index contributed by atoms with van der Waals surface area (Å²) in [5, 5.41) is 15.6. The van der Waals surface area contributed by atoms with Gasteiger partial charge in [-0.05, 0) is 52.8 Å². The summed E-state index contributed by atoms with van der Waals surface area (Å²) < 4.78 is 30.8. The van der Waals surface area contributed by atoms with Gasteiger partial charge in [0.05, 0.1) is 6.54 Å². The van der Waals surface area contributed by atoms with Gasteiger partial charge in [0.25, 0.3) is 0 Å². The maximum atomic E-state index is 14.6. The Kier molecular flexibility index (Phi) is 7.49. The van der Waals surface area contributed by atoms with Crippen LogP contribution in [0.5, 0.6) is 0 Å². The molecular weight excluding hydrogens is 527 g/mol.